The van der Waals surface area contributed by atoms with Gasteiger partial charge in [-0.2, -0.15) is 0 Å². The van der Waals surface area contributed by atoms with Gasteiger partial charge >= 0.3 is 0 Å². The minimum Gasteiger partial charge on any atom is -0.493 e. The maximum atomic E-state index is 12.6. The van der Waals surface area contributed by atoms with Gasteiger partial charge in [0.2, 0.25) is 15.4 Å². The highest BCUT2D eigenvalue weighted by Gasteiger charge is 2.25. The zero-order valence-electron chi connectivity index (χ0n) is 15.5. The molecule has 1 aromatic carbocycles. The Labute approximate surface area is 162 Å². The second-order valence-corrected chi connectivity index (χ2v) is 8.34. The maximum Gasteiger partial charge on any atom is 0.270 e. The summed E-state index contributed by atoms with van der Waals surface area (Å²) >= 11 is 0.796. The topological polar surface area (TPSA) is 120 Å². The number of carbonyl (C=O) groups is 1. The van der Waals surface area contributed by atoms with E-state index >= 15 is 0 Å². The zero-order valence-corrected chi connectivity index (χ0v) is 17.1. The third-order valence-corrected chi connectivity index (χ3v) is 6.40. The Bertz CT molecular complexity index is 898. The number of hydrogen-bond acceptors (Lipinski definition) is 8. The molecule has 148 valence electrons. The van der Waals surface area contributed by atoms with Gasteiger partial charge in [-0.15, -0.1) is 10.2 Å². The van der Waals surface area contributed by atoms with Crippen molar-refractivity contribution in [2.75, 3.05) is 19.5 Å². The minimum atomic E-state index is -3.91. The first-order chi connectivity index (χ1) is 12.8. The molecular weight excluding hydrogens is 392 g/mol. The first-order valence-electron chi connectivity index (χ1n) is 8.22. The van der Waals surface area contributed by atoms with Gasteiger partial charge in [0, 0.05) is 12.5 Å². The van der Waals surface area contributed by atoms with Crippen molar-refractivity contribution >= 4 is 32.4 Å². The van der Waals surface area contributed by atoms with Gasteiger partial charge < -0.3 is 14.8 Å². The van der Waals surface area contributed by atoms with Crippen molar-refractivity contribution < 1.29 is 22.7 Å². The highest BCUT2D eigenvalue weighted by Crippen LogP contribution is 2.32. The molecule has 1 aromatic heterocycles. The summed E-state index contributed by atoms with van der Waals surface area (Å²) in [7, 11) is -0.861. The van der Waals surface area contributed by atoms with E-state index in [4.69, 9.17) is 9.47 Å². The largest absolute Gasteiger partial charge is 0.493 e. The number of anilines is 1. The molecule has 2 rings (SSSR count). The number of methoxy groups -OCH3 is 2. The lowest BCUT2D eigenvalue weighted by Gasteiger charge is -2.18. The van der Waals surface area contributed by atoms with E-state index in [1.807, 2.05) is 6.92 Å². The Kier molecular flexibility index (Phi) is 7.11. The van der Waals surface area contributed by atoms with Gasteiger partial charge in [0.15, 0.2) is 11.5 Å². The molecule has 2 N–H and O–H groups in total. The van der Waals surface area contributed by atoms with E-state index in [9.17, 15) is 13.2 Å². The van der Waals surface area contributed by atoms with Crippen LogP contribution in [0.5, 0.6) is 11.5 Å². The highest BCUT2D eigenvalue weighted by atomic mass is 32.2. The smallest absolute Gasteiger partial charge is 0.270 e. The Hall–Kier alpha value is -2.24. The molecule has 1 atom stereocenters. The number of benzene rings is 1. The van der Waals surface area contributed by atoms with Crippen LogP contribution < -0.4 is 19.5 Å². The van der Waals surface area contributed by atoms with Gasteiger partial charge in [-0.25, -0.2) is 13.1 Å². The van der Waals surface area contributed by atoms with Crippen LogP contribution in [-0.2, 0) is 14.8 Å². The molecule has 0 fully saturated rings. The number of nitrogens with one attached hydrogen (secondary N) is 2. The van der Waals surface area contributed by atoms with Crippen LogP contribution in [0, 0.1) is 0 Å². The quantitative estimate of drug-likeness (QED) is 0.604. The van der Waals surface area contributed by atoms with Crippen molar-refractivity contribution in [3.8, 4) is 11.5 Å². The molecule has 0 saturated heterocycles. The summed E-state index contributed by atoms with van der Waals surface area (Å²) in [5, 5.41) is 10.0. The predicted molar refractivity (Wildman–Crippen MR) is 102 cm³/mol. The van der Waals surface area contributed by atoms with E-state index in [0.29, 0.717) is 17.9 Å². The van der Waals surface area contributed by atoms with E-state index in [1.54, 1.807) is 25.1 Å². The van der Waals surface area contributed by atoms with Crippen molar-refractivity contribution in [3.63, 3.8) is 0 Å². The van der Waals surface area contributed by atoms with Gasteiger partial charge in [-0.3, -0.25) is 4.79 Å². The molecule has 1 heterocycles. The van der Waals surface area contributed by atoms with Crippen LogP contribution in [0.3, 0.4) is 0 Å². The van der Waals surface area contributed by atoms with Gasteiger partial charge in [0.25, 0.3) is 10.0 Å². The Balaban J connectivity index is 2.23. The van der Waals surface area contributed by atoms with Crippen molar-refractivity contribution in [2.45, 2.75) is 37.1 Å². The number of aromatic nitrogens is 2. The first-order valence-corrected chi connectivity index (χ1v) is 10.5. The molecule has 1 amide bonds. The van der Waals surface area contributed by atoms with Crippen LogP contribution in [0.25, 0.3) is 0 Å². The molecule has 2 aromatic rings. The van der Waals surface area contributed by atoms with E-state index in [1.165, 1.54) is 14.2 Å². The number of carbonyl (C=O) groups excluding carboxylic acids is 1. The molecule has 0 radical (unpaired) electrons. The molecule has 27 heavy (non-hydrogen) atoms. The average Bonchev–Trinajstić information content (AvgIpc) is 3.14. The van der Waals surface area contributed by atoms with E-state index in [-0.39, 0.29) is 21.8 Å². The lowest BCUT2D eigenvalue weighted by Crippen LogP contribution is -2.28. The number of sulfonamides is 1. The van der Waals surface area contributed by atoms with E-state index in [2.05, 4.69) is 20.2 Å². The normalized spacial score (nSPS) is 12.4. The minimum absolute atomic E-state index is 0.140. The number of amides is 1. The molecule has 9 nitrogen and oxygen atoms in total. The van der Waals surface area contributed by atoms with Gasteiger partial charge in [-0.1, -0.05) is 31.3 Å². The Morgan fingerprint density at radius 3 is 2.48 bits per heavy atom. The zero-order chi connectivity index (χ0) is 20.0. The average molecular weight is 415 g/mol. The van der Waals surface area contributed by atoms with Crippen molar-refractivity contribution in [1.29, 1.82) is 0 Å². The molecule has 0 saturated carbocycles. The van der Waals surface area contributed by atoms with Crippen LogP contribution in [-0.4, -0.2) is 38.7 Å². The molecule has 0 unspecified atom stereocenters. The van der Waals surface area contributed by atoms with Crippen LogP contribution >= 0.6 is 11.3 Å². The number of nitrogens with zero attached hydrogens (tertiary/aromatic N) is 2. The molecule has 0 aliphatic heterocycles. The lowest BCUT2D eigenvalue weighted by molar-refractivity contribution is -0.115. The van der Waals surface area contributed by atoms with Crippen molar-refractivity contribution in [3.05, 3.63) is 23.8 Å². The first kappa shape index (κ1) is 21.1. The molecule has 0 bridgehead atoms. The molecule has 11 heteroatoms. The molecule has 0 spiro atoms. The van der Waals surface area contributed by atoms with Gasteiger partial charge in [0.1, 0.15) is 0 Å². The van der Waals surface area contributed by atoms with Crippen LogP contribution in [0.15, 0.2) is 22.5 Å². The van der Waals surface area contributed by atoms with Crippen molar-refractivity contribution in [1.82, 2.24) is 14.9 Å². The van der Waals surface area contributed by atoms with Crippen molar-refractivity contribution in [2.24, 2.45) is 0 Å². The second-order valence-electron chi connectivity index (χ2n) is 5.47. The monoisotopic (exact) mass is 414 g/mol. The van der Waals surface area contributed by atoms with E-state index < -0.39 is 16.1 Å². The standard InChI is InChI=1S/C16H22N4O5S2/c1-5-11(10-7-8-12(24-3)13(9-10)25-4)20-27(22,23)16-19-18-15(26-16)17-14(21)6-2/h7-9,11,20H,5-6H2,1-4H3,(H,17,18,21)/t11-/m1/s1. The number of rotatable bonds is 9. The fourth-order valence-corrected chi connectivity index (χ4v) is 4.51. The summed E-state index contributed by atoms with van der Waals surface area (Å²) < 4.78 is 38.2. The Morgan fingerprint density at radius 1 is 1.19 bits per heavy atom. The van der Waals surface area contributed by atoms with Gasteiger partial charge in [0.05, 0.1) is 14.2 Å². The van der Waals surface area contributed by atoms with Crippen LogP contribution in [0.1, 0.15) is 38.3 Å². The molecular formula is C16H22N4O5S2. The summed E-state index contributed by atoms with van der Waals surface area (Å²) in [6.07, 6.45) is 0.768. The van der Waals surface area contributed by atoms with Crippen LogP contribution in [0.4, 0.5) is 5.13 Å². The third kappa shape index (κ3) is 5.15. The number of hydrogen-bond donors (Lipinski definition) is 2. The molecule has 0 aliphatic rings. The summed E-state index contributed by atoms with van der Waals surface area (Å²) in [5.41, 5.74) is 0.725. The molecule has 0 aliphatic carbocycles. The van der Waals surface area contributed by atoms with Crippen LogP contribution in [0.2, 0.25) is 0 Å². The highest BCUT2D eigenvalue weighted by molar-refractivity contribution is 7.91. The second kappa shape index (κ2) is 9.11. The fraction of sp³-hybridized carbons (Fsp3) is 0.438. The van der Waals surface area contributed by atoms with E-state index in [0.717, 1.165) is 16.9 Å². The summed E-state index contributed by atoms with van der Waals surface area (Å²) in [4.78, 5) is 11.4. The summed E-state index contributed by atoms with van der Waals surface area (Å²) in [5.74, 6) is 0.798. The summed E-state index contributed by atoms with van der Waals surface area (Å²) in [6, 6.07) is 4.72. The maximum absolute atomic E-state index is 12.6. The number of ether oxygens (including phenoxy) is 2. The Morgan fingerprint density at radius 2 is 1.89 bits per heavy atom. The lowest BCUT2D eigenvalue weighted by atomic mass is 10.1. The summed E-state index contributed by atoms with van der Waals surface area (Å²) in [6.45, 7) is 3.54. The third-order valence-electron chi connectivity index (χ3n) is 3.72. The van der Waals surface area contributed by atoms with Gasteiger partial charge in [-0.05, 0) is 24.1 Å². The predicted octanol–water partition coefficient (Wildman–Crippen LogP) is 2.33. The fourth-order valence-electron chi connectivity index (χ4n) is 2.27. The SMILES string of the molecule is CCC(=O)Nc1nnc(S(=O)(=O)N[C@H](CC)c2ccc(OC)c(OC)c2)s1.